The third kappa shape index (κ3) is 4.30. The zero-order chi connectivity index (χ0) is 24.6. The number of ketones is 1. The zero-order valence-electron chi connectivity index (χ0n) is 20.1. The van der Waals surface area contributed by atoms with Gasteiger partial charge in [-0.15, -0.1) is 0 Å². The van der Waals surface area contributed by atoms with Crippen LogP contribution in [0.5, 0.6) is 5.75 Å². The number of methoxy groups -OCH3 is 1. The van der Waals surface area contributed by atoms with Crippen molar-refractivity contribution in [2.24, 2.45) is 5.41 Å². The van der Waals surface area contributed by atoms with Crippen molar-refractivity contribution >= 4 is 23.2 Å². The van der Waals surface area contributed by atoms with Crippen LogP contribution in [0.2, 0.25) is 0 Å². The molecule has 0 bridgehead atoms. The number of anilines is 2. The van der Waals surface area contributed by atoms with Crippen molar-refractivity contribution in [3.63, 3.8) is 0 Å². The summed E-state index contributed by atoms with van der Waals surface area (Å²) in [6, 6.07) is 17.8. The maximum Gasteiger partial charge on any atom is 0.323 e. The molecule has 1 aliphatic heterocycles. The topological polar surface area (TPSA) is 83.8 Å². The highest BCUT2D eigenvalue weighted by Gasteiger charge is 2.44. The summed E-state index contributed by atoms with van der Waals surface area (Å²) in [4.78, 5) is 29.3. The number of nitrogens with one attached hydrogen (secondary N) is 2. The summed E-state index contributed by atoms with van der Waals surface area (Å²) >= 11 is 0. The van der Waals surface area contributed by atoms with Gasteiger partial charge in [-0.05, 0) is 42.2 Å². The van der Waals surface area contributed by atoms with Crippen molar-refractivity contribution < 1.29 is 18.7 Å². The highest BCUT2D eigenvalue weighted by Crippen LogP contribution is 2.49. The predicted octanol–water partition coefficient (Wildman–Crippen LogP) is 5.81. The monoisotopic (exact) mass is 471 g/mol. The molecule has 1 aromatic heterocycles. The highest BCUT2D eigenvalue weighted by atomic mass is 16.5. The molecule has 0 spiro atoms. The molecule has 0 saturated heterocycles. The van der Waals surface area contributed by atoms with E-state index in [9.17, 15) is 9.59 Å². The average Bonchev–Trinajstić information content (AvgIpc) is 3.30. The number of urea groups is 1. The molecule has 5 rings (SSSR count). The van der Waals surface area contributed by atoms with E-state index >= 15 is 0 Å². The van der Waals surface area contributed by atoms with Gasteiger partial charge in [-0.3, -0.25) is 9.69 Å². The Kier molecular flexibility index (Phi) is 5.84. The van der Waals surface area contributed by atoms with Gasteiger partial charge in [-0.2, -0.15) is 0 Å². The van der Waals surface area contributed by atoms with Crippen molar-refractivity contribution in [1.29, 1.82) is 0 Å². The molecule has 0 unspecified atom stereocenters. The lowest BCUT2D eigenvalue weighted by molar-refractivity contribution is -0.118. The van der Waals surface area contributed by atoms with E-state index in [1.807, 2.05) is 54.6 Å². The van der Waals surface area contributed by atoms with Gasteiger partial charge in [0.1, 0.15) is 11.5 Å². The van der Waals surface area contributed by atoms with Gasteiger partial charge in [0.15, 0.2) is 5.78 Å². The minimum absolute atomic E-state index is 0.0243. The smallest absolute Gasteiger partial charge is 0.323 e. The Labute approximate surface area is 204 Å². The number of Topliss-reactive ketones (excluding diaryl/α,β-unsaturated/α-hetero) is 1. The maximum absolute atomic E-state index is 13.9. The van der Waals surface area contributed by atoms with E-state index in [-0.39, 0.29) is 23.8 Å². The number of carbonyl (C=O) groups excluding carboxylic acids is 2. The van der Waals surface area contributed by atoms with Crippen LogP contribution in [-0.2, 0) is 11.3 Å². The fourth-order valence-corrected chi connectivity index (χ4v) is 5.06. The Balaban J connectivity index is 1.70. The van der Waals surface area contributed by atoms with Gasteiger partial charge in [0.25, 0.3) is 0 Å². The Morgan fingerprint density at radius 2 is 1.89 bits per heavy atom. The fourth-order valence-electron chi connectivity index (χ4n) is 5.06. The van der Waals surface area contributed by atoms with Crippen molar-refractivity contribution in [1.82, 2.24) is 5.32 Å². The van der Waals surface area contributed by atoms with E-state index in [1.165, 1.54) is 0 Å². The van der Waals surface area contributed by atoms with Crippen molar-refractivity contribution in [3.05, 3.63) is 89.5 Å². The second-order valence-corrected chi connectivity index (χ2v) is 9.73. The SMILES string of the molecule is COc1ccccc1[C@H]1C2=C(CC(C)(C)CC2=O)Nc2ccccc2N1C(=O)NCc1ccco1. The predicted molar refractivity (Wildman–Crippen MR) is 134 cm³/mol. The molecular weight excluding hydrogens is 442 g/mol. The quantitative estimate of drug-likeness (QED) is 0.501. The van der Waals surface area contributed by atoms with Crippen LogP contribution in [0.3, 0.4) is 0 Å². The molecule has 2 heterocycles. The summed E-state index contributed by atoms with van der Waals surface area (Å²) in [5.74, 6) is 1.28. The molecule has 3 aromatic rings. The number of carbonyl (C=O) groups is 2. The number of allylic oxidation sites excluding steroid dienone is 1. The van der Waals surface area contributed by atoms with Gasteiger partial charge in [0.05, 0.1) is 37.3 Å². The van der Waals surface area contributed by atoms with E-state index in [1.54, 1.807) is 24.3 Å². The molecule has 2 amide bonds. The summed E-state index contributed by atoms with van der Waals surface area (Å²) in [7, 11) is 1.60. The number of furan rings is 1. The first-order valence-corrected chi connectivity index (χ1v) is 11.7. The van der Waals surface area contributed by atoms with E-state index in [0.717, 1.165) is 16.9 Å². The minimum atomic E-state index is -0.669. The molecule has 1 aliphatic carbocycles. The van der Waals surface area contributed by atoms with Crippen LogP contribution in [-0.4, -0.2) is 18.9 Å². The largest absolute Gasteiger partial charge is 0.496 e. The number of hydrogen-bond acceptors (Lipinski definition) is 5. The Morgan fingerprint density at radius 3 is 2.66 bits per heavy atom. The molecule has 1 atom stereocenters. The van der Waals surface area contributed by atoms with Crippen molar-refractivity contribution in [2.75, 3.05) is 17.3 Å². The molecule has 180 valence electrons. The second-order valence-electron chi connectivity index (χ2n) is 9.73. The zero-order valence-corrected chi connectivity index (χ0v) is 20.1. The summed E-state index contributed by atoms with van der Waals surface area (Å²) in [6.07, 6.45) is 2.66. The van der Waals surface area contributed by atoms with Crippen LogP contribution in [0.1, 0.15) is 44.1 Å². The van der Waals surface area contributed by atoms with Gasteiger partial charge in [0.2, 0.25) is 0 Å². The van der Waals surface area contributed by atoms with E-state index < -0.39 is 6.04 Å². The third-order valence-corrected chi connectivity index (χ3v) is 6.55. The van der Waals surface area contributed by atoms with E-state index in [4.69, 9.17) is 9.15 Å². The summed E-state index contributed by atoms with van der Waals surface area (Å²) in [5.41, 5.74) is 3.45. The first-order valence-electron chi connectivity index (χ1n) is 11.7. The molecule has 2 aliphatic rings. The number of ether oxygens (including phenoxy) is 1. The lowest BCUT2D eigenvalue weighted by Crippen LogP contribution is -2.44. The van der Waals surface area contributed by atoms with Gasteiger partial charge in [-0.25, -0.2) is 4.79 Å². The number of nitrogens with zero attached hydrogens (tertiary/aromatic N) is 1. The molecule has 2 N–H and O–H groups in total. The van der Waals surface area contributed by atoms with Crippen LogP contribution in [0, 0.1) is 5.41 Å². The number of fused-ring (bicyclic) bond motifs is 1. The second kappa shape index (κ2) is 8.98. The normalized spacial score (nSPS) is 18.8. The summed E-state index contributed by atoms with van der Waals surface area (Å²) < 4.78 is 11.1. The lowest BCUT2D eigenvalue weighted by atomic mass is 9.73. The van der Waals surface area contributed by atoms with Crippen LogP contribution >= 0.6 is 0 Å². The van der Waals surface area contributed by atoms with E-state index in [2.05, 4.69) is 24.5 Å². The van der Waals surface area contributed by atoms with Gasteiger partial charge in [0, 0.05) is 23.3 Å². The molecule has 7 heteroatoms. The maximum atomic E-state index is 13.9. The molecule has 0 fully saturated rings. The number of para-hydroxylation sites is 3. The number of amides is 2. The number of benzene rings is 2. The van der Waals surface area contributed by atoms with Crippen LogP contribution in [0.25, 0.3) is 0 Å². The van der Waals surface area contributed by atoms with Gasteiger partial charge < -0.3 is 19.8 Å². The first-order chi connectivity index (χ1) is 16.9. The molecular formula is C28H29N3O4. The van der Waals surface area contributed by atoms with E-state index in [0.29, 0.717) is 35.6 Å². The average molecular weight is 472 g/mol. The molecule has 35 heavy (non-hydrogen) atoms. The minimum Gasteiger partial charge on any atom is -0.496 e. The number of rotatable bonds is 4. The van der Waals surface area contributed by atoms with Gasteiger partial charge in [-0.1, -0.05) is 44.2 Å². The number of hydrogen-bond donors (Lipinski definition) is 2. The van der Waals surface area contributed by atoms with Gasteiger partial charge >= 0.3 is 6.03 Å². The molecule has 7 nitrogen and oxygen atoms in total. The molecule has 2 aromatic carbocycles. The Morgan fingerprint density at radius 1 is 1.11 bits per heavy atom. The lowest BCUT2D eigenvalue weighted by Gasteiger charge is -2.37. The molecule has 0 saturated carbocycles. The van der Waals surface area contributed by atoms with Crippen LogP contribution in [0.15, 0.2) is 82.6 Å². The van der Waals surface area contributed by atoms with Crippen molar-refractivity contribution in [3.8, 4) is 5.75 Å². The first kappa shape index (κ1) is 22.8. The molecule has 0 radical (unpaired) electrons. The highest BCUT2D eigenvalue weighted by molar-refractivity contribution is 6.06. The van der Waals surface area contributed by atoms with Crippen molar-refractivity contribution in [2.45, 2.75) is 39.3 Å². The Hall–Kier alpha value is -4.00. The summed E-state index contributed by atoms with van der Waals surface area (Å²) in [5, 5.41) is 6.50. The standard InChI is InChI=1S/C28H29N3O4/c1-28(2)15-21-25(23(32)16-28)26(19-10-4-7-13-24(19)34-3)31(22-12-6-5-11-20(22)30-21)27(33)29-17-18-9-8-14-35-18/h4-14,26,30H,15-17H2,1-3H3,(H,29,33)/t26-/m0/s1. The summed E-state index contributed by atoms with van der Waals surface area (Å²) in [6.45, 7) is 4.42. The van der Waals surface area contributed by atoms with Crippen LogP contribution < -0.4 is 20.3 Å². The van der Waals surface area contributed by atoms with Crippen LogP contribution in [0.4, 0.5) is 16.2 Å². The third-order valence-electron chi connectivity index (χ3n) is 6.55. The Bertz CT molecular complexity index is 1290. The fraction of sp³-hybridized carbons (Fsp3) is 0.286.